The number of aliphatic hydroxyl groups excluding tert-OH is 1. The predicted octanol–water partition coefficient (Wildman–Crippen LogP) is 3.41. The number of carbonyl (C=O) groups is 2. The quantitative estimate of drug-likeness (QED) is 0.396. The van der Waals surface area contributed by atoms with Gasteiger partial charge in [-0.05, 0) is 73.2 Å². The van der Waals surface area contributed by atoms with E-state index in [1.54, 1.807) is 30.0 Å². The normalized spacial score (nSPS) is 13.9. The molecule has 0 aliphatic carbocycles. The van der Waals surface area contributed by atoms with Crippen molar-refractivity contribution in [1.29, 1.82) is 5.26 Å². The molecular formula is C29H30N4O5S. The number of sulfonamides is 1. The standard InChI is InChI=1S/C29H30N4O5S/c1-20-6-9-24(29(36)33-15-12-23(13-16-33)22-10-7-21(19-30)8-11-22)18-26(20)32-39(37,38)27-5-3-2-4-25(27)28(35)31-14-17-34/h2-11,18,23,32,34H,12-17H2,1H3,(H,31,35). The van der Waals surface area contributed by atoms with Crippen molar-refractivity contribution in [2.24, 2.45) is 0 Å². The Balaban J connectivity index is 1.48. The largest absolute Gasteiger partial charge is 0.395 e. The first-order valence-electron chi connectivity index (χ1n) is 12.6. The molecule has 10 heteroatoms. The Kier molecular flexibility index (Phi) is 8.64. The van der Waals surface area contributed by atoms with Crippen LogP contribution in [0.4, 0.5) is 5.69 Å². The topological polar surface area (TPSA) is 140 Å². The Hall–Kier alpha value is -4.20. The van der Waals surface area contributed by atoms with Crippen molar-refractivity contribution < 1.29 is 23.1 Å². The summed E-state index contributed by atoms with van der Waals surface area (Å²) in [6, 6.07) is 20.4. The first kappa shape index (κ1) is 27.8. The molecule has 39 heavy (non-hydrogen) atoms. The molecule has 0 aromatic heterocycles. The van der Waals surface area contributed by atoms with E-state index in [9.17, 15) is 18.0 Å². The third-order valence-electron chi connectivity index (χ3n) is 6.84. The molecule has 0 spiro atoms. The molecular weight excluding hydrogens is 516 g/mol. The van der Waals surface area contributed by atoms with Gasteiger partial charge in [-0.1, -0.05) is 30.3 Å². The maximum Gasteiger partial charge on any atom is 0.262 e. The smallest absolute Gasteiger partial charge is 0.262 e. The van der Waals surface area contributed by atoms with E-state index in [0.717, 1.165) is 18.4 Å². The number of aliphatic hydroxyl groups is 1. The number of aryl methyl sites for hydroxylation is 1. The van der Waals surface area contributed by atoms with E-state index in [2.05, 4.69) is 16.1 Å². The third kappa shape index (κ3) is 6.45. The van der Waals surface area contributed by atoms with Gasteiger partial charge in [-0.2, -0.15) is 5.26 Å². The highest BCUT2D eigenvalue weighted by molar-refractivity contribution is 7.92. The lowest BCUT2D eigenvalue weighted by atomic mass is 9.89. The van der Waals surface area contributed by atoms with E-state index < -0.39 is 15.9 Å². The molecule has 0 atom stereocenters. The minimum Gasteiger partial charge on any atom is -0.395 e. The summed E-state index contributed by atoms with van der Waals surface area (Å²) >= 11 is 0. The van der Waals surface area contributed by atoms with Crippen molar-refractivity contribution in [3.05, 3.63) is 94.5 Å². The number of anilines is 1. The lowest BCUT2D eigenvalue weighted by molar-refractivity contribution is 0.0713. The average Bonchev–Trinajstić information content (AvgIpc) is 2.96. The summed E-state index contributed by atoms with van der Waals surface area (Å²) in [6.45, 7) is 2.58. The van der Waals surface area contributed by atoms with E-state index in [1.807, 2.05) is 24.3 Å². The van der Waals surface area contributed by atoms with Gasteiger partial charge in [0.2, 0.25) is 0 Å². The minimum atomic E-state index is -4.17. The Labute approximate surface area is 228 Å². The Morgan fingerprint density at radius 1 is 1.05 bits per heavy atom. The van der Waals surface area contributed by atoms with E-state index >= 15 is 0 Å². The zero-order chi connectivity index (χ0) is 28.0. The number of benzene rings is 3. The van der Waals surface area contributed by atoms with Crippen molar-refractivity contribution in [3.63, 3.8) is 0 Å². The van der Waals surface area contributed by atoms with Crippen LogP contribution >= 0.6 is 0 Å². The molecule has 1 aliphatic rings. The number of nitrogens with one attached hydrogen (secondary N) is 2. The van der Waals surface area contributed by atoms with Gasteiger partial charge in [0.1, 0.15) is 4.90 Å². The molecule has 1 saturated heterocycles. The summed E-state index contributed by atoms with van der Waals surface area (Å²) in [4.78, 5) is 27.3. The van der Waals surface area contributed by atoms with Crippen LogP contribution < -0.4 is 10.0 Å². The van der Waals surface area contributed by atoms with Gasteiger partial charge < -0.3 is 15.3 Å². The van der Waals surface area contributed by atoms with Crippen LogP contribution in [0.1, 0.15) is 56.2 Å². The van der Waals surface area contributed by atoms with Crippen LogP contribution in [-0.4, -0.2) is 56.5 Å². The monoisotopic (exact) mass is 546 g/mol. The Morgan fingerprint density at radius 3 is 2.41 bits per heavy atom. The van der Waals surface area contributed by atoms with Gasteiger partial charge in [0.25, 0.3) is 21.8 Å². The van der Waals surface area contributed by atoms with Gasteiger partial charge in [0, 0.05) is 25.2 Å². The maximum atomic E-state index is 13.3. The van der Waals surface area contributed by atoms with Gasteiger partial charge in [-0.25, -0.2) is 8.42 Å². The molecule has 0 radical (unpaired) electrons. The van der Waals surface area contributed by atoms with Gasteiger partial charge in [-0.3, -0.25) is 14.3 Å². The molecule has 1 heterocycles. The average molecular weight is 547 g/mol. The van der Waals surface area contributed by atoms with Crippen LogP contribution in [0.2, 0.25) is 0 Å². The molecule has 0 bridgehead atoms. The van der Waals surface area contributed by atoms with Crippen LogP contribution in [0, 0.1) is 18.3 Å². The van der Waals surface area contributed by atoms with Crippen molar-refractivity contribution in [3.8, 4) is 6.07 Å². The molecule has 1 fully saturated rings. The zero-order valence-corrected chi connectivity index (χ0v) is 22.4. The van der Waals surface area contributed by atoms with Crippen LogP contribution in [0.15, 0.2) is 71.6 Å². The second kappa shape index (κ2) is 12.1. The van der Waals surface area contributed by atoms with E-state index in [1.165, 1.54) is 24.3 Å². The number of nitrogens with zero attached hydrogens (tertiary/aromatic N) is 2. The fourth-order valence-corrected chi connectivity index (χ4v) is 5.97. The van der Waals surface area contributed by atoms with Gasteiger partial charge in [-0.15, -0.1) is 0 Å². The summed E-state index contributed by atoms with van der Waals surface area (Å²) in [5.41, 5.74) is 2.96. The van der Waals surface area contributed by atoms with E-state index in [-0.39, 0.29) is 35.2 Å². The SMILES string of the molecule is Cc1ccc(C(=O)N2CCC(c3ccc(C#N)cc3)CC2)cc1NS(=O)(=O)c1ccccc1C(=O)NCCO. The third-order valence-corrected chi connectivity index (χ3v) is 8.26. The fourth-order valence-electron chi connectivity index (χ4n) is 4.65. The van der Waals surface area contributed by atoms with Gasteiger partial charge in [0.05, 0.1) is 29.5 Å². The second-order valence-electron chi connectivity index (χ2n) is 9.41. The van der Waals surface area contributed by atoms with Crippen molar-refractivity contribution >= 4 is 27.5 Å². The van der Waals surface area contributed by atoms with Gasteiger partial charge in [0.15, 0.2) is 0 Å². The lowest BCUT2D eigenvalue weighted by Gasteiger charge is -2.32. The summed E-state index contributed by atoms with van der Waals surface area (Å²) in [5.74, 6) is -0.496. The zero-order valence-electron chi connectivity index (χ0n) is 21.6. The number of nitriles is 1. The Bertz CT molecular complexity index is 1510. The fraction of sp³-hybridized carbons (Fsp3) is 0.276. The molecule has 0 saturated carbocycles. The number of carbonyl (C=O) groups excluding carboxylic acids is 2. The number of piperidine rings is 1. The van der Waals surface area contributed by atoms with Crippen molar-refractivity contribution in [1.82, 2.24) is 10.2 Å². The van der Waals surface area contributed by atoms with Crippen LogP contribution in [0.3, 0.4) is 0 Å². The van der Waals surface area contributed by atoms with E-state index in [0.29, 0.717) is 35.7 Å². The number of rotatable bonds is 8. The molecule has 1 aliphatic heterocycles. The first-order chi connectivity index (χ1) is 18.7. The molecule has 3 N–H and O–H groups in total. The molecule has 2 amide bonds. The minimum absolute atomic E-state index is 0.00533. The predicted molar refractivity (Wildman–Crippen MR) is 147 cm³/mol. The number of amides is 2. The highest BCUT2D eigenvalue weighted by Gasteiger charge is 2.26. The second-order valence-corrected chi connectivity index (χ2v) is 11.1. The highest BCUT2D eigenvalue weighted by Crippen LogP contribution is 2.30. The molecule has 9 nitrogen and oxygen atoms in total. The van der Waals surface area contributed by atoms with E-state index in [4.69, 9.17) is 10.4 Å². The summed E-state index contributed by atoms with van der Waals surface area (Å²) < 4.78 is 29.1. The number of likely N-dealkylation sites (tertiary alicyclic amines) is 1. The summed E-state index contributed by atoms with van der Waals surface area (Å²) in [7, 11) is -4.17. The lowest BCUT2D eigenvalue weighted by Crippen LogP contribution is -2.38. The summed E-state index contributed by atoms with van der Waals surface area (Å²) in [6.07, 6.45) is 1.58. The highest BCUT2D eigenvalue weighted by atomic mass is 32.2. The Morgan fingerprint density at radius 2 is 1.74 bits per heavy atom. The number of hydrogen-bond donors (Lipinski definition) is 3. The first-order valence-corrected chi connectivity index (χ1v) is 14.1. The molecule has 4 rings (SSSR count). The van der Waals surface area contributed by atoms with Crippen molar-refractivity contribution in [2.75, 3.05) is 31.0 Å². The number of hydrogen-bond acceptors (Lipinski definition) is 6. The van der Waals surface area contributed by atoms with Crippen LogP contribution in [0.5, 0.6) is 0 Å². The molecule has 3 aromatic carbocycles. The van der Waals surface area contributed by atoms with Gasteiger partial charge >= 0.3 is 0 Å². The van der Waals surface area contributed by atoms with Crippen LogP contribution in [0.25, 0.3) is 0 Å². The maximum absolute atomic E-state index is 13.3. The van der Waals surface area contributed by atoms with Crippen LogP contribution in [-0.2, 0) is 10.0 Å². The molecule has 0 unspecified atom stereocenters. The van der Waals surface area contributed by atoms with Crippen molar-refractivity contribution in [2.45, 2.75) is 30.6 Å². The molecule has 202 valence electrons. The summed E-state index contributed by atoms with van der Waals surface area (Å²) in [5, 5.41) is 20.5. The molecule has 3 aromatic rings.